The van der Waals surface area contributed by atoms with E-state index in [4.69, 9.17) is 45.5 Å². The number of unbranched alkanes of at least 4 members (excludes halogenated alkanes) is 3. The fourth-order valence-electron chi connectivity index (χ4n) is 13.4. The lowest BCUT2D eigenvalue weighted by Gasteiger charge is -2.33. The van der Waals surface area contributed by atoms with Gasteiger partial charge in [0, 0.05) is 45.4 Å². The molecule has 3 heterocycles. The molecule has 43 heteroatoms. The topological polar surface area (TPSA) is 708 Å². The van der Waals surface area contributed by atoms with E-state index in [2.05, 4.69) is 63.8 Å². The van der Waals surface area contributed by atoms with E-state index in [1.165, 1.54) is 35.5 Å². The summed E-state index contributed by atoms with van der Waals surface area (Å²) in [7, 11) is 0. The summed E-state index contributed by atoms with van der Waals surface area (Å²) in [5.41, 5.74) is 39.5. The van der Waals surface area contributed by atoms with Gasteiger partial charge in [-0.2, -0.15) is 0 Å². The van der Waals surface area contributed by atoms with E-state index in [0.29, 0.717) is 45.1 Å². The number of hydrogen-bond acceptors (Lipinski definition) is 23. The van der Waals surface area contributed by atoms with Crippen LogP contribution < -0.4 is 104 Å². The lowest BCUT2D eigenvalue weighted by Crippen LogP contribution is -2.61. The van der Waals surface area contributed by atoms with Gasteiger partial charge >= 0.3 is 11.9 Å². The van der Waals surface area contributed by atoms with Gasteiger partial charge in [0.25, 0.3) is 0 Å². The van der Waals surface area contributed by atoms with Crippen LogP contribution in [0.15, 0.2) is 0 Å². The number of carbonyl (C=O) groups is 18. The minimum Gasteiger partial charge on any atom is -0.481 e. The minimum absolute atomic E-state index is 0.00456. The Bertz CT molecular complexity index is 3420. The highest BCUT2D eigenvalue weighted by molar-refractivity contribution is 6.01. The van der Waals surface area contributed by atoms with Crippen molar-refractivity contribution in [2.24, 2.45) is 52.0 Å². The molecule has 16 amide bonds. The molecule has 29 N–H and O–H groups in total. The molecule has 0 aromatic carbocycles. The minimum atomic E-state index is -1.55. The fourth-order valence-corrected chi connectivity index (χ4v) is 13.4. The highest BCUT2D eigenvalue weighted by Crippen LogP contribution is 2.26. The Morgan fingerprint density at radius 1 is 0.371 bits per heavy atom. The predicted octanol–water partition coefficient (Wildman–Crippen LogP) is -6.88. The molecule has 15 atom stereocenters. The molecule has 0 bridgehead atoms. The lowest BCUT2D eigenvalue weighted by molar-refractivity contribution is -0.145. The Kier molecular flexibility index (Phi) is 43.7. The van der Waals surface area contributed by atoms with E-state index in [1.54, 1.807) is 27.7 Å². The summed E-state index contributed by atoms with van der Waals surface area (Å²) in [5.74, 6) is -17.4. The van der Waals surface area contributed by atoms with Crippen molar-refractivity contribution in [3.63, 3.8) is 0 Å². The van der Waals surface area contributed by atoms with Crippen LogP contribution in [0, 0.1) is 17.2 Å². The zero-order valence-corrected chi connectivity index (χ0v) is 67.7. The smallest absolute Gasteiger partial charge is 0.326 e. The quantitative estimate of drug-likeness (QED) is 0.0153. The summed E-state index contributed by atoms with van der Waals surface area (Å²) in [5, 5.41) is 57.6. The van der Waals surface area contributed by atoms with Crippen LogP contribution in [0.5, 0.6) is 0 Å². The Balaban J connectivity index is 1.82. The third-order valence-corrected chi connectivity index (χ3v) is 20.2. The molecule has 116 heavy (non-hydrogen) atoms. The van der Waals surface area contributed by atoms with Crippen molar-refractivity contribution in [1.82, 2.24) is 78.5 Å². The van der Waals surface area contributed by atoms with Gasteiger partial charge in [-0.15, -0.1) is 0 Å². The highest BCUT2D eigenvalue weighted by atomic mass is 16.4. The zero-order valence-electron chi connectivity index (χ0n) is 67.7. The second-order valence-electron chi connectivity index (χ2n) is 30.3. The van der Waals surface area contributed by atoms with Crippen LogP contribution in [-0.4, -0.2) is 274 Å². The number of amides is 16. The molecule has 3 aliphatic heterocycles. The SMILES string of the molecule is CC(C)[C@H](NC(=O)[C@H](CCCCN)NC(=O)[C@H](CCCNC(=N)N)NC(=O)[C@@H]1CCCN1C(=O)[C@H](CCCCN)NC(=O)[C@H](C)NC(=O)[C@H](CCC(N)=O)NC(=O)[C@@H]1CCCN1C(=O)[C@@H](NC(=O)[C@@H]1CCCN1C(=O)[C@@H](CCC(=O)O)NC(=O)[C@@H](N)CCCCN)C(C)C)C(=O)N[C@@H](C)C(=O)N[C@@H](C)C(=O)N[C@@H](CCC(N)=O)C(=O)O. The molecule has 3 aliphatic rings. The standard InChI is InChI=1S/C73H127N23O20/c1-38(2)56(68(111)85-40(5)58(101)83-41(6)60(103)91-49(72(115)116)26-29-54(79)98)92-64(107)44(19-9-12-32-75)86-63(106)45(21-14-34-82-73(80)81)87-65(108)50-22-15-35-94(50)69(112)47(20-10-13-33-76)89-59(102)42(7)84-62(105)46(25-28-53(78)97)88-66(109)51-23-17-37-96(51)71(114)57(39(3)4)93-67(110)52-24-16-36-95(52)70(113)48(27-30-55(99)100)90-61(104)43(77)18-8-11-31-74/h38-52,56-57H,8-37,74-77H2,1-7H3,(H2,78,97)(H2,79,98)(H,83,101)(H,84,105)(H,85,111)(H,86,106)(H,87,108)(H,88,109)(H,89,102)(H,90,104)(H,91,103)(H,92,107)(H,93,110)(H,99,100)(H,115,116)(H4,80,81,82)/t40-,41-,42-,43-,44-,45-,46-,47-,48+,49-,50-,51-,52-,56-,57-/m0/s1. The average molecular weight is 1650 g/mol. The fraction of sp³-hybridized carbons (Fsp3) is 0.740. The van der Waals surface area contributed by atoms with Crippen molar-refractivity contribution >= 4 is 112 Å². The second-order valence-corrected chi connectivity index (χ2v) is 30.3. The molecule has 3 rings (SSSR count). The number of rotatable bonds is 53. The summed E-state index contributed by atoms with van der Waals surface area (Å²) < 4.78 is 0. The first-order chi connectivity index (χ1) is 54.7. The maximum Gasteiger partial charge on any atom is 0.326 e. The molecule has 0 aromatic heterocycles. The molecule has 0 saturated carbocycles. The van der Waals surface area contributed by atoms with Crippen LogP contribution in [0.25, 0.3) is 0 Å². The third-order valence-electron chi connectivity index (χ3n) is 20.2. The Hall–Kier alpha value is -10.4. The van der Waals surface area contributed by atoms with E-state index in [1.807, 2.05) is 0 Å². The molecule has 43 nitrogen and oxygen atoms in total. The van der Waals surface area contributed by atoms with Gasteiger partial charge in [0.1, 0.15) is 84.6 Å². The zero-order chi connectivity index (χ0) is 87.2. The van der Waals surface area contributed by atoms with Gasteiger partial charge in [-0.3, -0.25) is 86.9 Å². The van der Waals surface area contributed by atoms with Crippen molar-refractivity contribution in [2.75, 3.05) is 45.8 Å². The Labute approximate surface area is 674 Å². The Morgan fingerprint density at radius 2 is 0.716 bits per heavy atom. The molecular formula is C73H127N23O20. The number of aliphatic carboxylic acids is 2. The van der Waals surface area contributed by atoms with E-state index in [0.717, 1.165) is 0 Å². The number of guanidine groups is 1. The monoisotopic (exact) mass is 1650 g/mol. The molecular weight excluding hydrogens is 1520 g/mol. The van der Waals surface area contributed by atoms with E-state index >= 15 is 0 Å². The van der Waals surface area contributed by atoms with Gasteiger partial charge in [0.15, 0.2) is 5.96 Å². The first kappa shape index (κ1) is 99.8. The van der Waals surface area contributed by atoms with E-state index in [-0.39, 0.29) is 136 Å². The van der Waals surface area contributed by atoms with Crippen molar-refractivity contribution in [1.29, 1.82) is 5.41 Å². The van der Waals surface area contributed by atoms with Crippen molar-refractivity contribution in [3.8, 4) is 0 Å². The van der Waals surface area contributed by atoms with Crippen LogP contribution in [0.4, 0.5) is 0 Å². The molecule has 654 valence electrons. The highest BCUT2D eigenvalue weighted by Gasteiger charge is 2.45. The first-order valence-electron chi connectivity index (χ1n) is 39.9. The van der Waals surface area contributed by atoms with Crippen molar-refractivity contribution in [3.05, 3.63) is 0 Å². The van der Waals surface area contributed by atoms with Gasteiger partial charge in [0.2, 0.25) is 94.5 Å². The summed E-state index contributed by atoms with van der Waals surface area (Å²) in [6.45, 7) is 11.2. The van der Waals surface area contributed by atoms with Gasteiger partial charge in [-0.05, 0) is 174 Å². The van der Waals surface area contributed by atoms with Crippen LogP contribution in [0.2, 0.25) is 0 Å². The number of nitrogens with two attached hydrogens (primary N) is 7. The Morgan fingerprint density at radius 3 is 1.16 bits per heavy atom. The number of primary amides is 2. The average Bonchev–Trinajstić information content (AvgIpc) is 1.63. The van der Waals surface area contributed by atoms with Crippen LogP contribution in [0.3, 0.4) is 0 Å². The summed E-state index contributed by atoms with van der Waals surface area (Å²) in [6.07, 6.45) is 1.64. The number of carboxylic acids is 2. The molecule has 3 fully saturated rings. The number of hydrogen-bond donors (Lipinski definition) is 22. The third kappa shape index (κ3) is 33.4. The van der Waals surface area contributed by atoms with Crippen molar-refractivity contribution in [2.45, 2.75) is 287 Å². The second kappa shape index (κ2) is 50.8. The van der Waals surface area contributed by atoms with Crippen LogP contribution >= 0.6 is 0 Å². The van der Waals surface area contributed by atoms with Gasteiger partial charge < -0.3 is 129 Å². The number of nitrogens with zero attached hydrogens (tertiary/aromatic N) is 3. The molecule has 3 saturated heterocycles. The van der Waals surface area contributed by atoms with Crippen LogP contribution in [0.1, 0.15) is 196 Å². The normalized spacial score (nSPS) is 18.3. The molecule has 0 radical (unpaired) electrons. The largest absolute Gasteiger partial charge is 0.481 e. The molecule has 0 spiro atoms. The van der Waals surface area contributed by atoms with Crippen LogP contribution in [-0.2, 0) is 86.3 Å². The molecule has 0 unspecified atom stereocenters. The van der Waals surface area contributed by atoms with Gasteiger partial charge in [-0.25, -0.2) is 4.79 Å². The number of likely N-dealkylation sites (tertiary alicyclic amines) is 3. The lowest BCUT2D eigenvalue weighted by atomic mass is 10.0. The summed E-state index contributed by atoms with van der Waals surface area (Å²) in [6, 6.07) is -19.9. The summed E-state index contributed by atoms with van der Waals surface area (Å²) >= 11 is 0. The van der Waals surface area contributed by atoms with Gasteiger partial charge in [0.05, 0.1) is 6.04 Å². The number of carbonyl (C=O) groups excluding carboxylic acids is 16. The summed E-state index contributed by atoms with van der Waals surface area (Å²) in [4.78, 5) is 248. The molecule has 0 aromatic rings. The number of carboxylic acid groups (broad SMARTS) is 2. The number of nitrogens with one attached hydrogen (secondary N) is 13. The molecule has 0 aliphatic carbocycles. The maximum absolute atomic E-state index is 14.8. The predicted molar refractivity (Wildman–Crippen MR) is 419 cm³/mol. The van der Waals surface area contributed by atoms with E-state index in [9.17, 15) is 96.5 Å². The van der Waals surface area contributed by atoms with Gasteiger partial charge in [-0.1, -0.05) is 34.1 Å². The first-order valence-corrected chi connectivity index (χ1v) is 39.9. The maximum atomic E-state index is 14.8. The van der Waals surface area contributed by atoms with Crippen molar-refractivity contribution < 1.29 is 96.5 Å². The van der Waals surface area contributed by atoms with E-state index < -0.39 is 228 Å².